The van der Waals surface area contributed by atoms with Gasteiger partial charge < -0.3 is 10.3 Å². The first-order chi connectivity index (χ1) is 9.08. The summed E-state index contributed by atoms with van der Waals surface area (Å²) in [7, 11) is 0. The summed E-state index contributed by atoms with van der Waals surface area (Å²) in [4.78, 5) is 0. The molecule has 0 amide bonds. The van der Waals surface area contributed by atoms with Gasteiger partial charge in [-0.1, -0.05) is 30.3 Å². The van der Waals surface area contributed by atoms with E-state index in [9.17, 15) is 0 Å². The normalized spacial score (nSPS) is 16.6. The van der Waals surface area contributed by atoms with Gasteiger partial charge in [-0.25, -0.2) is 0 Å². The standard InChI is InChI=1S/C16H20N2O/c1-9-4-5-13(8-10(9)2)14-15(19-18-16(14)17)11(3)12-6-7-12/h4-5,8,11-12H,6-7H2,1-3H3,(H2,17,18). The van der Waals surface area contributed by atoms with E-state index in [0.29, 0.717) is 11.7 Å². The Bertz CT molecular complexity index is 611. The lowest BCUT2D eigenvalue weighted by Crippen LogP contribution is -1.98. The molecule has 100 valence electrons. The van der Waals surface area contributed by atoms with Crippen LogP contribution in [0.25, 0.3) is 11.1 Å². The summed E-state index contributed by atoms with van der Waals surface area (Å²) in [6.45, 7) is 6.44. The van der Waals surface area contributed by atoms with Gasteiger partial charge in [-0.15, -0.1) is 0 Å². The molecule has 1 heterocycles. The average molecular weight is 256 g/mol. The lowest BCUT2D eigenvalue weighted by molar-refractivity contribution is 0.358. The molecule has 0 spiro atoms. The summed E-state index contributed by atoms with van der Waals surface area (Å²) >= 11 is 0. The van der Waals surface area contributed by atoms with Crippen LogP contribution in [-0.2, 0) is 0 Å². The minimum Gasteiger partial charge on any atom is -0.380 e. The summed E-state index contributed by atoms with van der Waals surface area (Å²) in [5, 5.41) is 3.98. The maximum Gasteiger partial charge on any atom is 0.175 e. The van der Waals surface area contributed by atoms with Crippen LogP contribution in [-0.4, -0.2) is 5.16 Å². The van der Waals surface area contributed by atoms with Crippen molar-refractivity contribution < 1.29 is 4.52 Å². The third-order valence-corrected chi connectivity index (χ3v) is 4.28. The number of aryl methyl sites for hydroxylation is 2. The molecule has 1 atom stereocenters. The quantitative estimate of drug-likeness (QED) is 0.901. The fourth-order valence-corrected chi connectivity index (χ4v) is 2.62. The van der Waals surface area contributed by atoms with Crippen LogP contribution in [0.3, 0.4) is 0 Å². The van der Waals surface area contributed by atoms with Crippen LogP contribution in [0.15, 0.2) is 22.7 Å². The van der Waals surface area contributed by atoms with Crippen LogP contribution in [0.2, 0.25) is 0 Å². The molecule has 1 aromatic carbocycles. The van der Waals surface area contributed by atoms with Crippen molar-refractivity contribution in [3.8, 4) is 11.1 Å². The molecule has 0 saturated heterocycles. The molecular formula is C16H20N2O. The van der Waals surface area contributed by atoms with Gasteiger partial charge in [0.15, 0.2) is 5.82 Å². The van der Waals surface area contributed by atoms with Gasteiger partial charge >= 0.3 is 0 Å². The fraction of sp³-hybridized carbons (Fsp3) is 0.438. The van der Waals surface area contributed by atoms with Crippen LogP contribution in [0.1, 0.15) is 42.6 Å². The molecule has 1 unspecified atom stereocenters. The van der Waals surface area contributed by atoms with Crippen LogP contribution < -0.4 is 5.73 Å². The molecule has 0 aliphatic heterocycles. The van der Waals surface area contributed by atoms with Crippen molar-refractivity contribution in [3.05, 3.63) is 35.1 Å². The number of rotatable bonds is 3. The van der Waals surface area contributed by atoms with Crippen LogP contribution in [0.5, 0.6) is 0 Å². The van der Waals surface area contributed by atoms with Crippen LogP contribution in [0.4, 0.5) is 5.82 Å². The van der Waals surface area contributed by atoms with Crippen molar-refractivity contribution in [1.29, 1.82) is 0 Å². The third-order valence-electron chi connectivity index (χ3n) is 4.28. The van der Waals surface area contributed by atoms with Gasteiger partial charge in [0.1, 0.15) is 5.76 Å². The van der Waals surface area contributed by atoms with Gasteiger partial charge in [-0.3, -0.25) is 0 Å². The Morgan fingerprint density at radius 3 is 2.63 bits per heavy atom. The zero-order chi connectivity index (χ0) is 13.6. The highest BCUT2D eigenvalue weighted by Crippen LogP contribution is 2.46. The van der Waals surface area contributed by atoms with Crippen molar-refractivity contribution in [2.24, 2.45) is 5.92 Å². The third kappa shape index (κ3) is 2.14. The molecule has 0 radical (unpaired) electrons. The fourth-order valence-electron chi connectivity index (χ4n) is 2.62. The summed E-state index contributed by atoms with van der Waals surface area (Å²) in [6.07, 6.45) is 2.57. The Balaban J connectivity index is 2.07. The van der Waals surface area contributed by atoms with E-state index in [2.05, 4.69) is 44.1 Å². The highest BCUT2D eigenvalue weighted by molar-refractivity contribution is 5.76. The number of benzene rings is 1. The molecule has 1 aliphatic rings. The number of hydrogen-bond acceptors (Lipinski definition) is 3. The predicted octanol–water partition coefficient (Wildman–Crippen LogP) is 4.05. The Labute approximate surface area is 113 Å². The van der Waals surface area contributed by atoms with E-state index in [0.717, 1.165) is 22.8 Å². The molecule has 2 aromatic rings. The van der Waals surface area contributed by atoms with E-state index < -0.39 is 0 Å². The van der Waals surface area contributed by atoms with E-state index in [4.69, 9.17) is 10.3 Å². The second kappa shape index (κ2) is 4.41. The first-order valence-electron chi connectivity index (χ1n) is 6.90. The molecule has 19 heavy (non-hydrogen) atoms. The van der Waals surface area contributed by atoms with E-state index in [1.54, 1.807) is 0 Å². The Kier molecular flexibility index (Phi) is 2.85. The maximum absolute atomic E-state index is 6.02. The minimum absolute atomic E-state index is 0.404. The summed E-state index contributed by atoms with van der Waals surface area (Å²) in [5.41, 5.74) is 10.7. The molecule has 1 aliphatic carbocycles. The van der Waals surface area contributed by atoms with Crippen molar-refractivity contribution >= 4 is 5.82 Å². The van der Waals surface area contributed by atoms with Gasteiger partial charge in [0.2, 0.25) is 0 Å². The maximum atomic E-state index is 6.02. The van der Waals surface area contributed by atoms with E-state index in [-0.39, 0.29) is 0 Å². The predicted molar refractivity (Wildman–Crippen MR) is 77.0 cm³/mol. The number of aromatic nitrogens is 1. The van der Waals surface area contributed by atoms with Crippen LogP contribution in [0, 0.1) is 19.8 Å². The minimum atomic E-state index is 0.404. The van der Waals surface area contributed by atoms with Crippen molar-refractivity contribution in [2.45, 2.75) is 39.5 Å². The number of nitrogens with zero attached hydrogens (tertiary/aromatic N) is 1. The summed E-state index contributed by atoms with van der Waals surface area (Å²) in [6, 6.07) is 6.40. The van der Waals surface area contributed by atoms with Crippen molar-refractivity contribution in [2.75, 3.05) is 5.73 Å². The zero-order valence-corrected chi connectivity index (χ0v) is 11.7. The Hall–Kier alpha value is -1.77. The van der Waals surface area contributed by atoms with Crippen LogP contribution >= 0.6 is 0 Å². The number of nitrogen functional groups attached to an aromatic ring is 1. The molecular weight excluding hydrogens is 236 g/mol. The molecule has 1 saturated carbocycles. The molecule has 3 heteroatoms. The molecule has 1 aromatic heterocycles. The van der Waals surface area contributed by atoms with E-state index in [1.807, 2.05) is 0 Å². The zero-order valence-electron chi connectivity index (χ0n) is 11.7. The molecule has 2 N–H and O–H groups in total. The Morgan fingerprint density at radius 1 is 1.26 bits per heavy atom. The first kappa shape index (κ1) is 12.3. The first-order valence-corrected chi connectivity index (χ1v) is 6.90. The number of nitrogens with two attached hydrogens (primary N) is 1. The van der Waals surface area contributed by atoms with Crippen molar-refractivity contribution in [1.82, 2.24) is 5.16 Å². The Morgan fingerprint density at radius 2 is 2.00 bits per heavy atom. The van der Waals surface area contributed by atoms with E-state index >= 15 is 0 Å². The average Bonchev–Trinajstić information content (AvgIpc) is 3.16. The van der Waals surface area contributed by atoms with Gasteiger partial charge in [0.25, 0.3) is 0 Å². The summed E-state index contributed by atoms with van der Waals surface area (Å²) in [5.74, 6) is 2.59. The summed E-state index contributed by atoms with van der Waals surface area (Å²) < 4.78 is 5.51. The second-order valence-corrected chi connectivity index (χ2v) is 5.73. The molecule has 3 rings (SSSR count). The molecule has 0 bridgehead atoms. The second-order valence-electron chi connectivity index (χ2n) is 5.73. The number of anilines is 1. The molecule has 1 fully saturated rings. The highest BCUT2D eigenvalue weighted by Gasteiger charge is 2.34. The van der Waals surface area contributed by atoms with E-state index in [1.165, 1.54) is 24.0 Å². The lowest BCUT2D eigenvalue weighted by Gasteiger charge is -2.10. The van der Waals surface area contributed by atoms with Gasteiger partial charge in [-0.2, -0.15) is 0 Å². The monoisotopic (exact) mass is 256 g/mol. The van der Waals surface area contributed by atoms with Gasteiger partial charge in [0, 0.05) is 5.92 Å². The molecule has 3 nitrogen and oxygen atoms in total. The smallest absolute Gasteiger partial charge is 0.175 e. The highest BCUT2D eigenvalue weighted by atomic mass is 16.5. The van der Waals surface area contributed by atoms with Gasteiger partial charge in [-0.05, 0) is 49.3 Å². The lowest BCUT2D eigenvalue weighted by atomic mass is 9.94. The van der Waals surface area contributed by atoms with Gasteiger partial charge in [0.05, 0.1) is 5.56 Å². The topological polar surface area (TPSA) is 52.0 Å². The number of hydrogen-bond donors (Lipinski definition) is 1. The SMILES string of the molecule is Cc1ccc(-c2c(N)noc2C(C)C2CC2)cc1C. The largest absolute Gasteiger partial charge is 0.380 e. The van der Waals surface area contributed by atoms with Crippen molar-refractivity contribution in [3.63, 3.8) is 0 Å².